The fourth-order valence-corrected chi connectivity index (χ4v) is 4.77. The van der Waals surface area contributed by atoms with Crippen molar-refractivity contribution in [2.24, 2.45) is 5.73 Å². The van der Waals surface area contributed by atoms with Crippen LogP contribution in [0.1, 0.15) is 28.5 Å². The molecule has 2 aromatic rings. The molecular weight excluding hydrogens is 302 g/mol. The summed E-state index contributed by atoms with van der Waals surface area (Å²) in [7, 11) is -3.52. The van der Waals surface area contributed by atoms with Gasteiger partial charge in [0.2, 0.25) is 10.0 Å². The number of hydrogen-bond acceptors (Lipinski definition) is 6. The van der Waals surface area contributed by atoms with Crippen LogP contribution >= 0.6 is 22.7 Å². The first-order valence-corrected chi connectivity index (χ1v) is 8.88. The summed E-state index contributed by atoms with van der Waals surface area (Å²) in [5, 5.41) is 4.26. The fourth-order valence-electron chi connectivity index (χ4n) is 1.53. The molecule has 0 radical (unpaired) electrons. The zero-order chi connectivity index (χ0) is 14.0. The van der Waals surface area contributed by atoms with Gasteiger partial charge in [0.1, 0.15) is 5.01 Å². The maximum Gasteiger partial charge on any atom is 0.242 e. The lowest BCUT2D eigenvalue weighted by atomic mass is 10.4. The van der Waals surface area contributed by atoms with Gasteiger partial charge in [0.25, 0.3) is 0 Å². The topological polar surface area (TPSA) is 85.1 Å². The van der Waals surface area contributed by atoms with E-state index >= 15 is 0 Å². The second-order valence-corrected chi connectivity index (χ2v) is 7.72. The number of nitrogens with zero attached hydrogens (tertiary/aromatic N) is 1. The molecule has 1 atom stereocenters. The summed E-state index contributed by atoms with van der Waals surface area (Å²) in [5.74, 6) is 0. The minimum absolute atomic E-state index is 0.262. The highest BCUT2D eigenvalue weighted by molar-refractivity contribution is 7.89. The highest BCUT2D eigenvalue weighted by Crippen LogP contribution is 2.23. The third-order valence-corrected chi connectivity index (χ3v) is 6.25. The molecule has 0 saturated carbocycles. The molecule has 0 aliphatic rings. The molecule has 8 heteroatoms. The fraction of sp³-hybridized carbons (Fsp3) is 0.364. The van der Waals surface area contributed by atoms with Crippen LogP contribution in [0.2, 0.25) is 0 Å². The minimum Gasteiger partial charge on any atom is -0.326 e. The van der Waals surface area contributed by atoms with E-state index in [-0.39, 0.29) is 10.9 Å². The molecule has 0 amide bonds. The van der Waals surface area contributed by atoms with Gasteiger partial charge in [-0.3, -0.25) is 0 Å². The Labute approximate surface area is 120 Å². The largest absolute Gasteiger partial charge is 0.326 e. The van der Waals surface area contributed by atoms with Gasteiger partial charge in [-0.25, -0.2) is 18.1 Å². The van der Waals surface area contributed by atoms with Gasteiger partial charge < -0.3 is 5.73 Å². The number of hydrogen-bond donors (Lipinski definition) is 2. The van der Waals surface area contributed by atoms with Crippen LogP contribution in [-0.2, 0) is 16.6 Å². The molecule has 19 heavy (non-hydrogen) atoms. The predicted octanol–water partition coefficient (Wildman–Crippen LogP) is 2.01. The molecule has 0 aliphatic carbocycles. The molecule has 1 unspecified atom stereocenters. The SMILES string of the molecule is Cc1csc(C(C)NS(=O)(=O)c2csc(CN)c2)n1. The van der Waals surface area contributed by atoms with E-state index in [1.165, 1.54) is 22.7 Å². The van der Waals surface area contributed by atoms with E-state index in [9.17, 15) is 8.42 Å². The molecule has 3 N–H and O–H groups in total. The highest BCUT2D eigenvalue weighted by atomic mass is 32.2. The van der Waals surface area contributed by atoms with Crippen molar-refractivity contribution in [3.8, 4) is 0 Å². The monoisotopic (exact) mass is 317 g/mol. The van der Waals surface area contributed by atoms with Crippen molar-refractivity contribution in [1.29, 1.82) is 0 Å². The molecule has 0 saturated heterocycles. The molecule has 2 aromatic heterocycles. The van der Waals surface area contributed by atoms with Crippen LogP contribution in [-0.4, -0.2) is 13.4 Å². The maximum atomic E-state index is 12.2. The van der Waals surface area contributed by atoms with E-state index in [1.54, 1.807) is 18.4 Å². The van der Waals surface area contributed by atoms with Crippen LogP contribution in [0.15, 0.2) is 21.7 Å². The zero-order valence-corrected chi connectivity index (χ0v) is 13.0. The Morgan fingerprint density at radius 2 is 2.16 bits per heavy atom. The van der Waals surface area contributed by atoms with Crippen molar-refractivity contribution >= 4 is 32.7 Å². The van der Waals surface area contributed by atoms with Gasteiger partial charge in [-0.2, -0.15) is 0 Å². The molecule has 0 spiro atoms. The summed E-state index contributed by atoms with van der Waals surface area (Å²) < 4.78 is 27.0. The number of rotatable bonds is 5. The standard InChI is InChI=1S/C11H15N3O2S3/c1-7-5-18-11(13-7)8(2)14-19(15,16)10-3-9(4-12)17-6-10/h3,5-6,8,14H,4,12H2,1-2H3. The second-order valence-electron chi connectivity index (χ2n) is 4.12. The van der Waals surface area contributed by atoms with E-state index < -0.39 is 10.0 Å². The number of thiazole rings is 1. The molecule has 2 rings (SSSR count). The molecule has 0 aliphatic heterocycles. The maximum absolute atomic E-state index is 12.2. The lowest BCUT2D eigenvalue weighted by Crippen LogP contribution is -2.26. The van der Waals surface area contributed by atoms with Crippen molar-refractivity contribution in [2.45, 2.75) is 31.3 Å². The quantitative estimate of drug-likeness (QED) is 0.883. The Morgan fingerprint density at radius 3 is 2.68 bits per heavy atom. The summed E-state index contributed by atoms with van der Waals surface area (Å²) in [4.78, 5) is 5.39. The van der Waals surface area contributed by atoms with E-state index in [4.69, 9.17) is 5.73 Å². The van der Waals surface area contributed by atoms with Crippen LogP contribution in [0.4, 0.5) is 0 Å². The summed E-state index contributed by atoms with van der Waals surface area (Å²) >= 11 is 2.79. The van der Waals surface area contributed by atoms with Gasteiger partial charge in [0, 0.05) is 27.9 Å². The Bertz CT molecular complexity index is 660. The summed E-state index contributed by atoms with van der Waals surface area (Å²) in [6.07, 6.45) is 0. The smallest absolute Gasteiger partial charge is 0.242 e. The molecule has 0 aromatic carbocycles. The van der Waals surface area contributed by atoms with Crippen molar-refractivity contribution in [2.75, 3.05) is 0 Å². The lowest BCUT2D eigenvalue weighted by Gasteiger charge is -2.10. The van der Waals surface area contributed by atoms with Crippen molar-refractivity contribution in [1.82, 2.24) is 9.71 Å². The molecule has 0 fully saturated rings. The van der Waals surface area contributed by atoms with Gasteiger partial charge >= 0.3 is 0 Å². The normalized spacial score (nSPS) is 13.6. The van der Waals surface area contributed by atoms with E-state index in [2.05, 4.69) is 9.71 Å². The molecule has 0 bridgehead atoms. The Kier molecular flexibility index (Phi) is 4.36. The number of aromatic nitrogens is 1. The van der Waals surface area contributed by atoms with Gasteiger partial charge in [-0.05, 0) is 19.9 Å². The van der Waals surface area contributed by atoms with Crippen LogP contribution in [0, 0.1) is 6.92 Å². The third-order valence-electron chi connectivity index (χ3n) is 2.48. The molecule has 104 valence electrons. The molecule has 2 heterocycles. The average molecular weight is 317 g/mol. The van der Waals surface area contributed by atoms with Crippen LogP contribution in [0.5, 0.6) is 0 Å². The number of nitrogens with one attached hydrogen (secondary N) is 1. The Morgan fingerprint density at radius 1 is 1.42 bits per heavy atom. The number of thiophene rings is 1. The lowest BCUT2D eigenvalue weighted by molar-refractivity contribution is 0.566. The highest BCUT2D eigenvalue weighted by Gasteiger charge is 2.21. The van der Waals surface area contributed by atoms with Crippen LogP contribution in [0.25, 0.3) is 0 Å². The van der Waals surface area contributed by atoms with Gasteiger partial charge in [-0.15, -0.1) is 22.7 Å². The summed E-state index contributed by atoms with van der Waals surface area (Å²) in [6.45, 7) is 4.01. The summed E-state index contributed by atoms with van der Waals surface area (Å²) in [6, 6.07) is 1.26. The van der Waals surface area contributed by atoms with Crippen LogP contribution < -0.4 is 10.5 Å². The number of aryl methyl sites for hydroxylation is 1. The molecule has 5 nitrogen and oxygen atoms in total. The van der Waals surface area contributed by atoms with E-state index in [0.29, 0.717) is 6.54 Å². The molecular formula is C11H15N3O2S3. The average Bonchev–Trinajstić information content (AvgIpc) is 2.96. The van der Waals surface area contributed by atoms with Gasteiger partial charge in [0.05, 0.1) is 10.9 Å². The van der Waals surface area contributed by atoms with Crippen LogP contribution in [0.3, 0.4) is 0 Å². The Hall–Kier alpha value is -0.800. The van der Waals surface area contributed by atoms with Gasteiger partial charge in [0.15, 0.2) is 0 Å². The minimum atomic E-state index is -3.52. The summed E-state index contributed by atoms with van der Waals surface area (Å²) in [5.41, 5.74) is 6.38. The van der Waals surface area contributed by atoms with Crippen molar-refractivity contribution in [3.05, 3.63) is 32.4 Å². The zero-order valence-electron chi connectivity index (χ0n) is 10.6. The predicted molar refractivity (Wildman–Crippen MR) is 77.8 cm³/mol. The second kappa shape index (κ2) is 5.68. The van der Waals surface area contributed by atoms with Crippen molar-refractivity contribution in [3.63, 3.8) is 0 Å². The Balaban J connectivity index is 2.17. The van der Waals surface area contributed by atoms with Gasteiger partial charge in [-0.1, -0.05) is 0 Å². The first-order valence-electron chi connectivity index (χ1n) is 5.64. The van der Waals surface area contributed by atoms with Crippen molar-refractivity contribution < 1.29 is 8.42 Å². The number of sulfonamides is 1. The first-order chi connectivity index (χ1) is 8.92. The number of nitrogens with two attached hydrogens (primary N) is 1. The van der Waals surface area contributed by atoms with E-state index in [0.717, 1.165) is 15.6 Å². The van der Waals surface area contributed by atoms with E-state index in [1.807, 2.05) is 12.3 Å². The first kappa shape index (κ1) is 14.6. The third kappa shape index (κ3) is 3.40.